The Morgan fingerprint density at radius 3 is 2.43 bits per heavy atom. The molecule has 1 N–H and O–H groups in total. The summed E-state index contributed by atoms with van der Waals surface area (Å²) in [6.07, 6.45) is 4.87. The number of aryl methyl sites for hydroxylation is 1. The number of nitriles is 1. The van der Waals surface area contributed by atoms with Crippen molar-refractivity contribution in [2.24, 2.45) is 7.05 Å². The van der Waals surface area contributed by atoms with Crippen molar-refractivity contribution in [3.63, 3.8) is 0 Å². The lowest BCUT2D eigenvalue weighted by Gasteiger charge is -2.27. The molecule has 207 valence electrons. The standard InChI is InChI=1S/C36H30N3O2S/c1-3-42-27-12-8-23(9-13-27)24-10-15-32-30(19-24)31-20-26(11-16-33(31)38(32)2)39-34-6-4-5-28(34)29-18-22(7-14-35(29)39)17-25(21-37)36(40)41/h3,7-20,28,34H,4-6H2,1-2H3,(H,40,41)/b25-17+. The van der Waals surface area contributed by atoms with Gasteiger partial charge in [0.05, 0.1) is 0 Å². The van der Waals surface area contributed by atoms with Gasteiger partial charge in [-0.1, -0.05) is 37.6 Å². The van der Waals surface area contributed by atoms with Crippen molar-refractivity contribution in [3.05, 3.63) is 101 Å². The van der Waals surface area contributed by atoms with Crippen molar-refractivity contribution in [2.45, 2.75) is 43.0 Å². The van der Waals surface area contributed by atoms with Crippen LogP contribution in [0.5, 0.6) is 0 Å². The van der Waals surface area contributed by atoms with Crippen LogP contribution in [0.3, 0.4) is 0 Å². The number of carboxylic acid groups (broad SMARTS) is 1. The van der Waals surface area contributed by atoms with E-state index in [1.807, 2.05) is 6.07 Å². The summed E-state index contributed by atoms with van der Waals surface area (Å²) in [6.45, 7) is 2.05. The summed E-state index contributed by atoms with van der Waals surface area (Å²) in [5.74, 6) is 1.29. The molecule has 1 aliphatic heterocycles. The number of hydrogen-bond donors (Lipinski definition) is 1. The van der Waals surface area contributed by atoms with E-state index in [1.165, 1.54) is 60.8 Å². The summed E-state index contributed by atoms with van der Waals surface area (Å²) in [5, 5.41) is 21.1. The highest BCUT2D eigenvalue weighted by atomic mass is 32.2. The molecule has 2 heterocycles. The van der Waals surface area contributed by atoms with Gasteiger partial charge >= 0.3 is 5.97 Å². The number of anilines is 2. The Kier molecular flexibility index (Phi) is 6.56. The second-order valence-electron chi connectivity index (χ2n) is 11.1. The van der Waals surface area contributed by atoms with Gasteiger partial charge in [-0.3, -0.25) is 0 Å². The number of thioether (sulfide) groups is 1. The first kappa shape index (κ1) is 26.4. The van der Waals surface area contributed by atoms with Crippen LogP contribution in [0, 0.1) is 17.1 Å². The van der Waals surface area contributed by atoms with Crippen LogP contribution in [-0.2, 0) is 11.8 Å². The Labute approximate surface area is 249 Å². The minimum absolute atomic E-state index is 0.247. The maximum Gasteiger partial charge on any atom is 0.346 e. The van der Waals surface area contributed by atoms with Crippen molar-refractivity contribution >= 4 is 57.0 Å². The Morgan fingerprint density at radius 2 is 1.69 bits per heavy atom. The molecular weight excluding hydrogens is 538 g/mol. The van der Waals surface area contributed by atoms with Crippen LogP contribution in [0.1, 0.15) is 43.2 Å². The third-order valence-corrected chi connectivity index (χ3v) is 9.67. The van der Waals surface area contributed by atoms with E-state index in [0.29, 0.717) is 12.0 Å². The third kappa shape index (κ3) is 4.28. The van der Waals surface area contributed by atoms with Gasteiger partial charge in [-0.25, -0.2) is 4.79 Å². The molecule has 1 aliphatic carbocycles. The lowest BCUT2D eigenvalue weighted by molar-refractivity contribution is -0.132. The summed E-state index contributed by atoms with van der Waals surface area (Å²) < 4.78 is 2.28. The molecule has 0 saturated heterocycles. The quantitative estimate of drug-likeness (QED) is 0.126. The number of hydrogen-bond acceptors (Lipinski definition) is 4. The minimum Gasteiger partial charge on any atom is -0.477 e. The van der Waals surface area contributed by atoms with Crippen LogP contribution < -0.4 is 4.90 Å². The van der Waals surface area contributed by atoms with E-state index in [4.69, 9.17) is 0 Å². The molecule has 1 fully saturated rings. The zero-order chi connectivity index (χ0) is 29.0. The van der Waals surface area contributed by atoms with Gasteiger partial charge in [0.2, 0.25) is 0 Å². The molecule has 2 atom stereocenters. The molecule has 1 aromatic heterocycles. The number of aliphatic carboxylic acids is 1. The van der Waals surface area contributed by atoms with Crippen LogP contribution >= 0.6 is 11.8 Å². The van der Waals surface area contributed by atoms with Crippen molar-refractivity contribution in [3.8, 4) is 17.2 Å². The molecule has 5 aromatic rings. The monoisotopic (exact) mass is 568 g/mol. The average molecular weight is 569 g/mol. The van der Waals surface area contributed by atoms with Gasteiger partial charge in [0, 0.05) is 62.8 Å². The number of fused-ring (bicyclic) bond motifs is 6. The molecule has 2 unspecified atom stereocenters. The van der Waals surface area contributed by atoms with E-state index in [-0.39, 0.29) is 5.57 Å². The first-order valence-electron chi connectivity index (χ1n) is 14.3. The number of nitrogens with zero attached hydrogens (tertiary/aromatic N) is 3. The molecule has 6 heteroatoms. The summed E-state index contributed by atoms with van der Waals surface area (Å²) in [7, 11) is 2.14. The SMILES string of the molecule is C[CH]Sc1ccc(-c2ccc3c(c2)c2cc(N4c5ccc(/C=C(\C#N)C(=O)O)cc5C5CCCC54)ccc2n3C)cc1. The van der Waals surface area contributed by atoms with E-state index in [1.54, 1.807) is 17.8 Å². The maximum atomic E-state index is 11.4. The largest absolute Gasteiger partial charge is 0.477 e. The molecule has 2 aliphatic rings. The predicted octanol–water partition coefficient (Wildman–Crippen LogP) is 9.05. The summed E-state index contributed by atoms with van der Waals surface area (Å²) in [5.41, 5.74) is 8.95. The topological polar surface area (TPSA) is 69.3 Å². The second-order valence-corrected chi connectivity index (χ2v) is 12.3. The first-order chi connectivity index (χ1) is 20.5. The Balaban J connectivity index is 1.32. The molecule has 5 nitrogen and oxygen atoms in total. The fourth-order valence-electron chi connectivity index (χ4n) is 7.01. The summed E-state index contributed by atoms with van der Waals surface area (Å²) in [4.78, 5) is 15.2. The lowest BCUT2D eigenvalue weighted by Crippen LogP contribution is -2.26. The highest BCUT2D eigenvalue weighted by Gasteiger charge is 2.42. The first-order valence-corrected chi connectivity index (χ1v) is 15.2. The van der Waals surface area contributed by atoms with Gasteiger partial charge in [-0.05, 0) is 95.8 Å². The van der Waals surface area contributed by atoms with Gasteiger partial charge in [0.1, 0.15) is 11.6 Å². The molecule has 42 heavy (non-hydrogen) atoms. The lowest BCUT2D eigenvalue weighted by atomic mass is 9.95. The molecule has 0 bridgehead atoms. The minimum atomic E-state index is -1.20. The number of rotatable bonds is 6. The zero-order valence-corrected chi connectivity index (χ0v) is 24.4. The fourth-order valence-corrected chi connectivity index (χ4v) is 7.57. The maximum absolute atomic E-state index is 11.4. The van der Waals surface area contributed by atoms with Crippen LogP contribution in [0.15, 0.2) is 89.3 Å². The van der Waals surface area contributed by atoms with E-state index in [9.17, 15) is 15.2 Å². The highest BCUT2D eigenvalue weighted by molar-refractivity contribution is 8.01. The van der Waals surface area contributed by atoms with Gasteiger partial charge in [-0.2, -0.15) is 5.26 Å². The third-order valence-electron chi connectivity index (χ3n) is 8.89. The van der Waals surface area contributed by atoms with E-state index >= 15 is 0 Å². The molecule has 1 radical (unpaired) electrons. The molecule has 4 aromatic carbocycles. The van der Waals surface area contributed by atoms with Gasteiger partial charge < -0.3 is 14.6 Å². The van der Waals surface area contributed by atoms with Gasteiger partial charge in [0.15, 0.2) is 0 Å². The van der Waals surface area contributed by atoms with Crippen LogP contribution in [0.2, 0.25) is 0 Å². The summed E-state index contributed by atoms with van der Waals surface area (Å²) in [6, 6.07) is 30.6. The van der Waals surface area contributed by atoms with E-state index in [0.717, 1.165) is 24.8 Å². The van der Waals surface area contributed by atoms with Crippen LogP contribution in [-0.4, -0.2) is 21.7 Å². The van der Waals surface area contributed by atoms with E-state index in [2.05, 4.69) is 102 Å². The normalized spacial score (nSPS) is 17.9. The highest BCUT2D eigenvalue weighted by Crippen LogP contribution is 2.53. The van der Waals surface area contributed by atoms with Crippen molar-refractivity contribution < 1.29 is 9.90 Å². The summed E-state index contributed by atoms with van der Waals surface area (Å²) >= 11 is 1.74. The second kappa shape index (κ2) is 10.4. The molecule has 0 amide bonds. The predicted molar refractivity (Wildman–Crippen MR) is 172 cm³/mol. The number of benzene rings is 4. The Hall–Kier alpha value is -4.47. The molecule has 7 rings (SSSR count). The number of carboxylic acids is 1. The van der Waals surface area contributed by atoms with Crippen molar-refractivity contribution in [1.29, 1.82) is 5.26 Å². The van der Waals surface area contributed by atoms with Crippen LogP contribution in [0.25, 0.3) is 39.0 Å². The molecule has 1 saturated carbocycles. The van der Waals surface area contributed by atoms with Gasteiger partial charge in [0.25, 0.3) is 0 Å². The van der Waals surface area contributed by atoms with E-state index < -0.39 is 5.97 Å². The van der Waals surface area contributed by atoms with Gasteiger partial charge in [-0.15, -0.1) is 11.8 Å². The average Bonchev–Trinajstić information content (AvgIpc) is 3.68. The Morgan fingerprint density at radius 1 is 0.952 bits per heavy atom. The fraction of sp³-hybridized carbons (Fsp3) is 0.194. The molecule has 0 spiro atoms. The Bertz CT molecular complexity index is 1950. The molecular formula is C36H30N3O2S. The zero-order valence-electron chi connectivity index (χ0n) is 23.5. The van der Waals surface area contributed by atoms with Crippen molar-refractivity contribution in [1.82, 2.24) is 4.57 Å². The number of aromatic nitrogens is 1. The van der Waals surface area contributed by atoms with Crippen LogP contribution in [0.4, 0.5) is 11.4 Å². The number of carbonyl (C=O) groups is 1. The van der Waals surface area contributed by atoms with Crippen molar-refractivity contribution in [2.75, 3.05) is 4.90 Å². The smallest absolute Gasteiger partial charge is 0.346 e.